The topological polar surface area (TPSA) is 9.86 Å². The van der Waals surface area contributed by atoms with E-state index in [1.54, 1.807) is 0 Å². The minimum atomic E-state index is -2.87. The summed E-state index contributed by atoms with van der Waals surface area (Å²) >= 11 is 0. The summed E-state index contributed by atoms with van der Waals surface area (Å²) in [5.74, 6) is 0. The predicted molar refractivity (Wildman–Crippen MR) is 270 cm³/mol. The summed E-state index contributed by atoms with van der Waals surface area (Å²) < 4.78 is 5.11. The van der Waals surface area contributed by atoms with E-state index in [9.17, 15) is 0 Å². The van der Waals surface area contributed by atoms with Crippen molar-refractivity contribution >= 4 is 72.4 Å². The Morgan fingerprint density at radius 2 is 0.730 bits per heavy atom. The van der Waals surface area contributed by atoms with Gasteiger partial charge < -0.3 is 9.13 Å². The third kappa shape index (κ3) is 5.85. The van der Waals surface area contributed by atoms with Gasteiger partial charge in [0.05, 0.1) is 27.8 Å². The van der Waals surface area contributed by atoms with Crippen LogP contribution >= 0.6 is 0 Å². The molecule has 0 saturated carbocycles. The molecule has 0 atom stereocenters. The zero-order valence-electron chi connectivity index (χ0n) is 34.6. The zero-order valence-corrected chi connectivity index (χ0v) is 35.6. The summed E-state index contributed by atoms with van der Waals surface area (Å²) in [6.07, 6.45) is 0. The first-order chi connectivity index (χ1) is 31.3. The largest absolute Gasteiger partial charge is 0.307 e. The second-order valence-corrected chi connectivity index (χ2v) is 20.2. The highest BCUT2D eigenvalue weighted by Gasteiger charge is 2.41. The SMILES string of the molecule is c1ccc(-c2cccc(-n3c4ccccc4c4ccc(-c5ccccc5)c(-n5c6ccccc6c6ccc([Si](c7ccccc7)(c7ccccc7)c7ccccc7)cc65)c43)c2)cc1. The number of fused-ring (bicyclic) bond motifs is 6. The lowest BCUT2D eigenvalue weighted by Gasteiger charge is -2.34. The minimum absolute atomic E-state index is 1.12. The fourth-order valence-corrected chi connectivity index (χ4v) is 15.1. The van der Waals surface area contributed by atoms with Crippen molar-refractivity contribution in [2.75, 3.05) is 0 Å². The molecule has 0 aliphatic heterocycles. The first kappa shape index (κ1) is 36.8. The number of hydrogen-bond acceptors (Lipinski definition) is 0. The molecule has 296 valence electrons. The molecule has 12 rings (SSSR count). The lowest BCUT2D eigenvalue weighted by Crippen LogP contribution is -2.74. The molecule has 0 saturated heterocycles. The smallest absolute Gasteiger partial charge is 0.179 e. The molecule has 0 radical (unpaired) electrons. The molecule has 2 nitrogen and oxygen atoms in total. The molecule has 0 unspecified atom stereocenters. The second-order valence-electron chi connectivity index (χ2n) is 16.4. The van der Waals surface area contributed by atoms with E-state index in [1.807, 2.05) is 0 Å². The Labute approximate surface area is 368 Å². The third-order valence-electron chi connectivity index (χ3n) is 13.1. The van der Waals surface area contributed by atoms with Crippen LogP contribution in [0.25, 0.3) is 77.2 Å². The maximum absolute atomic E-state index is 2.87. The van der Waals surface area contributed by atoms with E-state index in [0.717, 1.165) is 11.4 Å². The summed E-state index contributed by atoms with van der Waals surface area (Å²) in [6.45, 7) is 0. The molecule has 12 aromatic rings. The molecule has 0 aliphatic carbocycles. The zero-order chi connectivity index (χ0) is 41.7. The fraction of sp³-hybridized carbons (Fsp3) is 0. The van der Waals surface area contributed by atoms with Crippen LogP contribution < -0.4 is 20.7 Å². The molecule has 0 fully saturated rings. The number of para-hydroxylation sites is 2. The molecule has 0 bridgehead atoms. The molecule has 0 amide bonds. The number of benzene rings is 10. The molecule has 2 aromatic heterocycles. The van der Waals surface area contributed by atoms with Gasteiger partial charge in [0.15, 0.2) is 8.07 Å². The Bertz CT molecular complexity index is 3500. The van der Waals surface area contributed by atoms with Gasteiger partial charge in [-0.15, -0.1) is 0 Å². The Hall–Kier alpha value is -7.98. The first-order valence-electron chi connectivity index (χ1n) is 21.8. The maximum Gasteiger partial charge on any atom is 0.179 e. The van der Waals surface area contributed by atoms with Crippen LogP contribution in [0.1, 0.15) is 0 Å². The van der Waals surface area contributed by atoms with E-state index in [4.69, 9.17) is 0 Å². The van der Waals surface area contributed by atoms with Crippen LogP contribution in [0.3, 0.4) is 0 Å². The molecule has 0 aliphatic rings. The van der Waals surface area contributed by atoms with Gasteiger partial charge in [-0.1, -0.05) is 224 Å². The average Bonchev–Trinajstić information content (AvgIpc) is 3.88. The average molecular weight is 819 g/mol. The van der Waals surface area contributed by atoms with E-state index in [1.165, 1.54) is 86.6 Å². The van der Waals surface area contributed by atoms with Gasteiger partial charge in [-0.05, 0) is 67.8 Å². The summed E-state index contributed by atoms with van der Waals surface area (Å²) in [5.41, 5.74) is 11.7. The van der Waals surface area contributed by atoms with Crippen LogP contribution in [0.5, 0.6) is 0 Å². The number of nitrogens with zero attached hydrogens (tertiary/aromatic N) is 2. The van der Waals surface area contributed by atoms with Crippen molar-refractivity contribution in [3.05, 3.63) is 255 Å². The van der Waals surface area contributed by atoms with E-state index in [-0.39, 0.29) is 0 Å². The summed E-state index contributed by atoms with van der Waals surface area (Å²) in [4.78, 5) is 0. The normalized spacial score (nSPS) is 11.8. The predicted octanol–water partition coefficient (Wildman–Crippen LogP) is 12.6. The first-order valence-corrected chi connectivity index (χ1v) is 23.8. The summed E-state index contributed by atoms with van der Waals surface area (Å²) in [5, 5.41) is 10.3. The van der Waals surface area contributed by atoms with Gasteiger partial charge >= 0.3 is 0 Å². The van der Waals surface area contributed by atoms with Gasteiger partial charge in [0.25, 0.3) is 0 Å². The van der Waals surface area contributed by atoms with Crippen molar-refractivity contribution in [2.45, 2.75) is 0 Å². The minimum Gasteiger partial charge on any atom is -0.307 e. The standard InChI is InChI=1S/C60H42N2Si/c1-6-21-43(22-7-1)45-25-20-26-46(41-45)61-56-35-18-17-34-53(56)55-40-39-51(44-23-8-2-9-24-44)59(60(55)61)62-57-36-19-16-33-52(57)54-38-37-50(42-58(54)62)63(47-27-10-3-11-28-47,48-29-12-4-13-30-48)49-31-14-5-15-32-49/h1-42H. The van der Waals surface area contributed by atoms with Crippen molar-refractivity contribution in [1.29, 1.82) is 0 Å². The quantitative estimate of drug-likeness (QED) is 0.107. The van der Waals surface area contributed by atoms with Crippen LogP contribution in [0.15, 0.2) is 255 Å². The Morgan fingerprint density at radius 3 is 1.33 bits per heavy atom. The molecule has 0 N–H and O–H groups in total. The number of aromatic nitrogens is 2. The fourth-order valence-electron chi connectivity index (χ4n) is 10.3. The third-order valence-corrected chi connectivity index (χ3v) is 17.8. The van der Waals surface area contributed by atoms with E-state index >= 15 is 0 Å². The monoisotopic (exact) mass is 818 g/mol. The molecule has 10 aromatic carbocycles. The second kappa shape index (κ2) is 15.2. The van der Waals surface area contributed by atoms with Crippen molar-refractivity contribution < 1.29 is 0 Å². The van der Waals surface area contributed by atoms with Crippen LogP contribution in [0, 0.1) is 0 Å². The highest BCUT2D eigenvalue weighted by molar-refractivity contribution is 7.20. The maximum atomic E-state index is 2.59. The van der Waals surface area contributed by atoms with Crippen LogP contribution in [0.2, 0.25) is 0 Å². The Balaban J connectivity index is 1.25. The van der Waals surface area contributed by atoms with Gasteiger partial charge in [0.2, 0.25) is 0 Å². The molecule has 63 heavy (non-hydrogen) atoms. The molecular formula is C60H42N2Si. The van der Waals surface area contributed by atoms with Crippen molar-refractivity contribution in [2.24, 2.45) is 0 Å². The van der Waals surface area contributed by atoms with Gasteiger partial charge in [-0.3, -0.25) is 0 Å². The van der Waals surface area contributed by atoms with E-state index in [0.29, 0.717) is 0 Å². The summed E-state index contributed by atoms with van der Waals surface area (Å²) in [6, 6.07) is 94.4. The van der Waals surface area contributed by atoms with Crippen LogP contribution in [0.4, 0.5) is 0 Å². The van der Waals surface area contributed by atoms with Crippen LogP contribution in [-0.4, -0.2) is 17.2 Å². The van der Waals surface area contributed by atoms with Crippen LogP contribution in [-0.2, 0) is 0 Å². The highest BCUT2D eigenvalue weighted by atomic mass is 28.3. The van der Waals surface area contributed by atoms with Gasteiger partial charge in [0.1, 0.15) is 0 Å². The van der Waals surface area contributed by atoms with Gasteiger partial charge in [-0.25, -0.2) is 0 Å². The summed E-state index contributed by atoms with van der Waals surface area (Å²) in [7, 11) is -2.87. The molecule has 3 heteroatoms. The Morgan fingerprint density at radius 1 is 0.270 bits per heavy atom. The highest BCUT2D eigenvalue weighted by Crippen LogP contribution is 2.44. The number of rotatable bonds is 8. The van der Waals surface area contributed by atoms with Gasteiger partial charge in [0, 0.05) is 32.8 Å². The Kier molecular flexibility index (Phi) is 8.87. The molecular weight excluding hydrogens is 777 g/mol. The van der Waals surface area contributed by atoms with E-state index < -0.39 is 8.07 Å². The van der Waals surface area contributed by atoms with Crippen molar-refractivity contribution in [3.8, 4) is 33.6 Å². The van der Waals surface area contributed by atoms with Crippen molar-refractivity contribution in [1.82, 2.24) is 9.13 Å². The van der Waals surface area contributed by atoms with Crippen molar-refractivity contribution in [3.63, 3.8) is 0 Å². The lowest BCUT2D eigenvalue weighted by atomic mass is 10.00. The molecule has 0 spiro atoms. The number of hydrogen-bond donors (Lipinski definition) is 0. The van der Waals surface area contributed by atoms with E-state index in [2.05, 4.69) is 264 Å². The van der Waals surface area contributed by atoms with Gasteiger partial charge in [-0.2, -0.15) is 0 Å². The lowest BCUT2D eigenvalue weighted by molar-refractivity contribution is 1.13. The molecule has 2 heterocycles.